The number of fused-ring (bicyclic) bond motifs is 1. The van der Waals surface area contributed by atoms with Crippen molar-refractivity contribution in [1.82, 2.24) is 25.4 Å². The van der Waals surface area contributed by atoms with E-state index in [2.05, 4.69) is 25.7 Å². The summed E-state index contributed by atoms with van der Waals surface area (Å²) in [5.74, 6) is -1.81. The number of nitrogens with one attached hydrogen (secondary N) is 2. The van der Waals surface area contributed by atoms with Gasteiger partial charge in [0.15, 0.2) is 10.9 Å². The largest absolute Gasteiger partial charge is 0.508 e. The average molecular weight is 491 g/mol. The summed E-state index contributed by atoms with van der Waals surface area (Å²) >= 11 is 2.64. The highest BCUT2D eigenvalue weighted by Crippen LogP contribution is 2.41. The molecule has 0 bridgehead atoms. The van der Waals surface area contributed by atoms with Crippen LogP contribution < -0.4 is 5.32 Å². The summed E-state index contributed by atoms with van der Waals surface area (Å²) < 4.78 is 0. The van der Waals surface area contributed by atoms with Gasteiger partial charge in [0.2, 0.25) is 0 Å². The highest BCUT2D eigenvalue weighted by atomic mass is 32.2. The number of hydrogen-bond donors (Lipinski definition) is 4. The molecule has 3 heterocycles. The molecule has 2 atom stereocenters. The fourth-order valence-electron chi connectivity index (χ4n) is 3.39. The van der Waals surface area contributed by atoms with Gasteiger partial charge < -0.3 is 25.4 Å². The van der Waals surface area contributed by atoms with Gasteiger partial charge in [-0.05, 0) is 17.7 Å². The van der Waals surface area contributed by atoms with Crippen molar-refractivity contribution >= 4 is 47.0 Å². The average Bonchev–Trinajstić information content (AvgIpc) is 3.32. The van der Waals surface area contributed by atoms with E-state index in [1.807, 2.05) is 0 Å². The van der Waals surface area contributed by atoms with Gasteiger partial charge in [0.25, 0.3) is 11.8 Å². The second kappa shape index (κ2) is 9.54. The molecule has 4 rings (SSSR count). The first-order chi connectivity index (χ1) is 15.9. The van der Waals surface area contributed by atoms with E-state index in [0.717, 1.165) is 0 Å². The number of oxime groups is 1. The third-order valence-electron chi connectivity index (χ3n) is 4.83. The molecule has 2 amide bonds. The summed E-state index contributed by atoms with van der Waals surface area (Å²) in [5, 5.41) is 33.3. The molecule has 0 spiro atoms. The maximum Gasteiger partial charge on any atom is 0.352 e. The standard InChI is InChI=1S/C19H18N6O6S2/c1-31-24-12(9-3-2-4-11(26)5-9)15(27)22-13-16(28)25-14(18(29)30)10(6-32-17(13)25)7-33-19-20-8-21-23-19/h2-5,8,13,17,26H,6-7H2,1H3,(H,22,27)(H,29,30)(H,20,21,23)/b24-12+/t13?,17-/m1/s1. The summed E-state index contributed by atoms with van der Waals surface area (Å²) in [6.07, 6.45) is 1.42. The fourth-order valence-corrected chi connectivity index (χ4v) is 5.66. The molecule has 2 aliphatic heterocycles. The Morgan fingerprint density at radius 1 is 1.45 bits per heavy atom. The van der Waals surface area contributed by atoms with Gasteiger partial charge in [-0.3, -0.25) is 14.5 Å². The molecule has 14 heteroatoms. The number of carboxylic acid groups (broad SMARTS) is 1. The Morgan fingerprint density at radius 2 is 2.27 bits per heavy atom. The summed E-state index contributed by atoms with van der Waals surface area (Å²) in [7, 11) is 1.27. The maximum absolute atomic E-state index is 12.9. The van der Waals surface area contributed by atoms with Crippen LogP contribution in [0.2, 0.25) is 0 Å². The lowest BCUT2D eigenvalue weighted by Gasteiger charge is -2.49. The van der Waals surface area contributed by atoms with Gasteiger partial charge in [0.1, 0.15) is 36.3 Å². The molecule has 1 unspecified atom stereocenters. The van der Waals surface area contributed by atoms with Gasteiger partial charge in [0.05, 0.1) is 0 Å². The van der Waals surface area contributed by atoms with Crippen LogP contribution in [0, 0.1) is 0 Å². The zero-order chi connectivity index (χ0) is 23.5. The maximum atomic E-state index is 12.9. The first-order valence-corrected chi connectivity index (χ1v) is 11.5. The number of amides is 2. The lowest BCUT2D eigenvalue weighted by molar-refractivity contribution is -0.150. The van der Waals surface area contributed by atoms with Crippen molar-refractivity contribution in [1.29, 1.82) is 0 Å². The molecule has 0 aliphatic carbocycles. The van der Waals surface area contributed by atoms with Crippen molar-refractivity contribution in [3.63, 3.8) is 0 Å². The van der Waals surface area contributed by atoms with E-state index in [9.17, 15) is 24.6 Å². The van der Waals surface area contributed by atoms with Crippen molar-refractivity contribution in [2.24, 2.45) is 5.16 Å². The Bertz CT molecular complexity index is 1150. The van der Waals surface area contributed by atoms with Crippen molar-refractivity contribution in [2.45, 2.75) is 16.6 Å². The Hall–Kier alpha value is -3.52. The zero-order valence-corrected chi connectivity index (χ0v) is 18.7. The quantitative estimate of drug-likeness (QED) is 0.176. The number of aromatic nitrogens is 3. The number of phenols is 1. The molecule has 1 aromatic heterocycles. The number of hydrogen-bond acceptors (Lipinski definition) is 10. The van der Waals surface area contributed by atoms with E-state index in [0.29, 0.717) is 27.8 Å². The zero-order valence-electron chi connectivity index (χ0n) is 17.1. The minimum Gasteiger partial charge on any atom is -0.508 e. The molecule has 33 heavy (non-hydrogen) atoms. The number of nitrogens with zero attached hydrogens (tertiary/aromatic N) is 4. The van der Waals surface area contributed by atoms with E-state index in [1.54, 1.807) is 12.1 Å². The van der Waals surface area contributed by atoms with Crippen LogP contribution in [0.5, 0.6) is 5.75 Å². The van der Waals surface area contributed by atoms with Gasteiger partial charge in [-0.2, -0.15) is 0 Å². The summed E-state index contributed by atoms with van der Waals surface area (Å²) in [6, 6.07) is 4.95. The molecule has 0 radical (unpaired) electrons. The fraction of sp³-hybridized carbons (Fsp3) is 0.263. The number of aromatic hydroxyl groups is 1. The van der Waals surface area contributed by atoms with Crippen LogP contribution in [0.25, 0.3) is 0 Å². The normalized spacial score (nSPS) is 20.2. The predicted molar refractivity (Wildman–Crippen MR) is 118 cm³/mol. The van der Waals surface area contributed by atoms with Crippen LogP contribution in [0.3, 0.4) is 0 Å². The molecular formula is C19H18N6O6S2. The Balaban J connectivity index is 1.50. The van der Waals surface area contributed by atoms with Crippen molar-refractivity contribution in [2.75, 3.05) is 18.6 Å². The predicted octanol–water partition coefficient (Wildman–Crippen LogP) is 0.392. The van der Waals surface area contributed by atoms with E-state index in [4.69, 9.17) is 4.84 Å². The lowest BCUT2D eigenvalue weighted by Crippen LogP contribution is -2.71. The summed E-state index contributed by atoms with van der Waals surface area (Å²) in [5.41, 5.74) is 0.662. The molecule has 1 fully saturated rings. The highest BCUT2D eigenvalue weighted by molar-refractivity contribution is 8.01. The SMILES string of the molecule is CO/N=C(/C(=O)NC1C(=O)N2C(C(=O)O)=C(CSc3nnc[nH]3)CS[C@H]12)c1cccc(O)c1. The molecule has 2 aliphatic rings. The molecule has 4 N–H and O–H groups in total. The molecule has 1 saturated heterocycles. The molecule has 12 nitrogen and oxygen atoms in total. The number of rotatable bonds is 8. The highest BCUT2D eigenvalue weighted by Gasteiger charge is 2.54. The van der Waals surface area contributed by atoms with Crippen molar-refractivity contribution in [3.8, 4) is 5.75 Å². The first-order valence-electron chi connectivity index (χ1n) is 9.51. The van der Waals surface area contributed by atoms with Crippen LogP contribution in [0.1, 0.15) is 5.56 Å². The minimum absolute atomic E-state index is 0.0650. The van der Waals surface area contributed by atoms with Gasteiger partial charge in [-0.25, -0.2) is 4.79 Å². The minimum atomic E-state index is -1.21. The van der Waals surface area contributed by atoms with E-state index >= 15 is 0 Å². The molecule has 0 saturated carbocycles. The van der Waals surface area contributed by atoms with Gasteiger partial charge in [-0.1, -0.05) is 29.1 Å². The number of H-pyrrole nitrogens is 1. The third kappa shape index (κ3) is 4.52. The van der Waals surface area contributed by atoms with Gasteiger partial charge in [0, 0.05) is 17.1 Å². The number of aromatic amines is 1. The summed E-state index contributed by atoms with van der Waals surface area (Å²) in [6.45, 7) is 0. The number of aliphatic carboxylic acids is 1. The Morgan fingerprint density at radius 3 is 2.94 bits per heavy atom. The van der Waals surface area contributed by atoms with Crippen LogP contribution in [0.15, 0.2) is 52.2 Å². The van der Waals surface area contributed by atoms with E-state index < -0.39 is 29.2 Å². The molecule has 1 aromatic carbocycles. The van der Waals surface area contributed by atoms with Crippen LogP contribution >= 0.6 is 23.5 Å². The Kier molecular flexibility index (Phi) is 6.55. The first kappa shape index (κ1) is 22.7. The monoisotopic (exact) mass is 490 g/mol. The van der Waals surface area contributed by atoms with Crippen LogP contribution in [-0.4, -0.2) is 83.8 Å². The lowest BCUT2D eigenvalue weighted by atomic mass is 10.0. The summed E-state index contributed by atoms with van der Waals surface area (Å²) in [4.78, 5) is 46.4. The Labute approximate surface area is 195 Å². The number of benzene rings is 1. The topological polar surface area (TPSA) is 170 Å². The smallest absolute Gasteiger partial charge is 0.352 e. The van der Waals surface area contributed by atoms with Crippen molar-refractivity contribution in [3.05, 3.63) is 47.4 Å². The number of carbonyl (C=O) groups is 3. The number of thioether (sulfide) groups is 2. The molecule has 172 valence electrons. The van der Waals surface area contributed by atoms with E-state index in [-0.39, 0.29) is 17.2 Å². The number of carboxylic acids is 1. The van der Waals surface area contributed by atoms with Crippen LogP contribution in [0.4, 0.5) is 0 Å². The molecular weight excluding hydrogens is 472 g/mol. The van der Waals surface area contributed by atoms with Gasteiger partial charge in [-0.15, -0.1) is 22.0 Å². The molecule has 2 aromatic rings. The number of phenolic OH excluding ortho intramolecular Hbond substituents is 1. The van der Waals surface area contributed by atoms with Crippen molar-refractivity contribution < 1.29 is 29.4 Å². The van der Waals surface area contributed by atoms with Crippen LogP contribution in [-0.2, 0) is 19.2 Å². The third-order valence-corrected chi connectivity index (χ3v) is 7.14. The second-order valence-electron chi connectivity index (χ2n) is 6.87. The second-order valence-corrected chi connectivity index (χ2v) is 8.94. The van der Waals surface area contributed by atoms with Gasteiger partial charge >= 0.3 is 5.97 Å². The number of carbonyl (C=O) groups excluding carboxylic acids is 2. The number of β-lactam (4-membered cyclic amide) rings is 1. The van der Waals surface area contributed by atoms with E-state index in [1.165, 1.54) is 54.0 Å².